The Morgan fingerprint density at radius 1 is 1.16 bits per heavy atom. The van der Waals surface area contributed by atoms with Gasteiger partial charge in [-0.3, -0.25) is 4.79 Å². The second kappa shape index (κ2) is 8.91. The maximum absolute atomic E-state index is 13.1. The predicted octanol–water partition coefficient (Wildman–Crippen LogP) is 5.70. The number of amides is 1. The molecule has 0 saturated carbocycles. The van der Waals surface area contributed by atoms with Crippen LogP contribution in [0.5, 0.6) is 0 Å². The molecule has 0 radical (unpaired) electrons. The van der Waals surface area contributed by atoms with Crippen LogP contribution in [0.15, 0.2) is 53.0 Å². The normalized spacial score (nSPS) is 11.4. The van der Waals surface area contributed by atoms with Gasteiger partial charge in [0.1, 0.15) is 10.8 Å². The molecule has 0 spiro atoms. The summed E-state index contributed by atoms with van der Waals surface area (Å²) < 4.78 is 27.6. The number of aryl methyl sites for hydroxylation is 1. The van der Waals surface area contributed by atoms with Gasteiger partial charge < -0.3 is 4.57 Å². The highest BCUT2D eigenvalue weighted by atomic mass is 79.9. The number of hydrogen-bond acceptors (Lipinski definition) is 5. The van der Waals surface area contributed by atoms with E-state index in [0.29, 0.717) is 26.9 Å². The van der Waals surface area contributed by atoms with Gasteiger partial charge in [-0.25, -0.2) is 13.4 Å². The standard InChI is InChI=1S/C20H14BrCl2N3O3S2/c1-11-24-16-5-3-12(20(27)26(31(28)29)19-7-6-18(23)30-19)8-17(16)25(11)10-13-2-4-14(21)9-15(13)22/h2-9,31H,10H2,1H3. The number of aromatic nitrogens is 2. The number of rotatable bonds is 5. The summed E-state index contributed by atoms with van der Waals surface area (Å²) in [6.45, 7) is 2.31. The fourth-order valence-corrected chi connectivity index (χ4v) is 5.68. The molecule has 1 amide bonds. The summed E-state index contributed by atoms with van der Waals surface area (Å²) in [6.07, 6.45) is 0. The van der Waals surface area contributed by atoms with E-state index in [-0.39, 0.29) is 10.6 Å². The summed E-state index contributed by atoms with van der Waals surface area (Å²) in [5, 5.41) is 0.837. The first-order valence-electron chi connectivity index (χ1n) is 8.89. The van der Waals surface area contributed by atoms with Crippen molar-refractivity contribution in [2.24, 2.45) is 0 Å². The van der Waals surface area contributed by atoms with Crippen molar-refractivity contribution in [2.75, 3.05) is 4.31 Å². The minimum Gasteiger partial charge on any atom is -0.324 e. The molecule has 0 atom stereocenters. The molecular formula is C20H14BrCl2N3O3S2. The summed E-state index contributed by atoms with van der Waals surface area (Å²) in [7, 11) is -3.19. The third kappa shape index (κ3) is 4.51. The Labute approximate surface area is 202 Å². The van der Waals surface area contributed by atoms with Crippen molar-refractivity contribution in [3.8, 4) is 0 Å². The van der Waals surface area contributed by atoms with Gasteiger partial charge in [-0.15, -0.1) is 11.3 Å². The van der Waals surface area contributed by atoms with E-state index in [4.69, 9.17) is 23.2 Å². The molecule has 0 saturated heterocycles. The van der Waals surface area contributed by atoms with Gasteiger partial charge in [0.2, 0.25) is 10.9 Å². The number of fused-ring (bicyclic) bond motifs is 1. The minimum atomic E-state index is -3.19. The van der Waals surface area contributed by atoms with Gasteiger partial charge in [0.25, 0.3) is 5.91 Å². The Bertz CT molecular complexity index is 1390. The average Bonchev–Trinajstić information content (AvgIpc) is 3.26. The van der Waals surface area contributed by atoms with Crippen LogP contribution in [0.3, 0.4) is 0 Å². The summed E-state index contributed by atoms with van der Waals surface area (Å²) in [5.74, 6) is 0.0824. The van der Waals surface area contributed by atoms with Gasteiger partial charge in [-0.1, -0.05) is 45.2 Å². The number of thiophene rings is 1. The summed E-state index contributed by atoms with van der Waals surface area (Å²) in [5.41, 5.74) is 2.51. The van der Waals surface area contributed by atoms with Crippen molar-refractivity contribution in [2.45, 2.75) is 13.5 Å². The zero-order valence-corrected chi connectivity index (χ0v) is 20.7. The van der Waals surface area contributed by atoms with Crippen molar-refractivity contribution >= 4 is 83.3 Å². The molecule has 160 valence electrons. The SMILES string of the molecule is Cc1nc2ccc(C(=O)N(c3ccc(Cl)s3)[SH](=O)=O)cc2n1Cc1ccc(Br)cc1Cl. The van der Waals surface area contributed by atoms with E-state index in [1.165, 1.54) is 6.07 Å². The van der Waals surface area contributed by atoms with Gasteiger partial charge in [-0.2, -0.15) is 4.31 Å². The quantitative estimate of drug-likeness (QED) is 0.319. The van der Waals surface area contributed by atoms with Crippen molar-refractivity contribution < 1.29 is 13.2 Å². The summed E-state index contributed by atoms with van der Waals surface area (Å²) in [6, 6.07) is 13.6. The molecule has 0 unspecified atom stereocenters. The zero-order chi connectivity index (χ0) is 22.3. The number of halogens is 3. The Hall–Kier alpha value is -1.91. The molecule has 0 aliphatic heterocycles. The van der Waals surface area contributed by atoms with Crippen LogP contribution in [0.25, 0.3) is 11.0 Å². The predicted molar refractivity (Wildman–Crippen MR) is 129 cm³/mol. The molecule has 11 heteroatoms. The van der Waals surface area contributed by atoms with Crippen molar-refractivity contribution in [1.29, 1.82) is 0 Å². The number of thiol groups is 1. The van der Waals surface area contributed by atoms with Gasteiger partial charge in [-0.05, 0) is 55.0 Å². The van der Waals surface area contributed by atoms with E-state index >= 15 is 0 Å². The van der Waals surface area contributed by atoms with Crippen molar-refractivity contribution in [3.05, 3.63) is 79.3 Å². The van der Waals surface area contributed by atoms with Crippen molar-refractivity contribution in [1.82, 2.24) is 9.55 Å². The molecule has 2 aromatic carbocycles. The molecule has 31 heavy (non-hydrogen) atoms. The van der Waals surface area contributed by atoms with E-state index in [1.54, 1.807) is 24.3 Å². The fourth-order valence-electron chi connectivity index (χ4n) is 3.19. The first-order valence-corrected chi connectivity index (χ1v) is 12.4. The fraction of sp³-hybridized carbons (Fsp3) is 0.100. The summed E-state index contributed by atoms with van der Waals surface area (Å²) >= 11 is 16.7. The first-order chi connectivity index (χ1) is 14.7. The molecule has 0 aliphatic carbocycles. The molecule has 0 N–H and O–H groups in total. The smallest absolute Gasteiger partial charge is 0.272 e. The second-order valence-electron chi connectivity index (χ2n) is 6.62. The lowest BCUT2D eigenvalue weighted by Gasteiger charge is -2.14. The van der Waals surface area contributed by atoms with Crippen LogP contribution in [-0.4, -0.2) is 23.9 Å². The molecule has 0 fully saturated rings. The minimum absolute atomic E-state index is 0.222. The van der Waals surface area contributed by atoms with Crippen LogP contribution >= 0.6 is 50.5 Å². The number of carbonyl (C=O) groups is 1. The number of anilines is 1. The van der Waals surface area contributed by atoms with Crippen LogP contribution < -0.4 is 4.31 Å². The van der Waals surface area contributed by atoms with Gasteiger partial charge in [0.15, 0.2) is 0 Å². The van der Waals surface area contributed by atoms with Crippen LogP contribution in [0, 0.1) is 6.92 Å². The van der Waals surface area contributed by atoms with Crippen LogP contribution in [0.1, 0.15) is 21.7 Å². The van der Waals surface area contributed by atoms with Crippen molar-refractivity contribution in [3.63, 3.8) is 0 Å². The highest BCUT2D eigenvalue weighted by Crippen LogP contribution is 2.31. The van der Waals surface area contributed by atoms with E-state index in [2.05, 4.69) is 20.9 Å². The molecule has 0 aliphatic rings. The second-order valence-corrected chi connectivity index (χ2v) is 10.5. The van der Waals surface area contributed by atoms with Gasteiger partial charge in [0.05, 0.1) is 21.9 Å². The lowest BCUT2D eigenvalue weighted by molar-refractivity contribution is 0.101. The number of carbonyl (C=O) groups excluding carboxylic acids is 1. The maximum Gasteiger partial charge on any atom is 0.272 e. The zero-order valence-electron chi connectivity index (χ0n) is 15.9. The Kier molecular flexibility index (Phi) is 6.41. The molecule has 4 rings (SSSR count). The average molecular weight is 559 g/mol. The van der Waals surface area contributed by atoms with Crippen LogP contribution in [0.4, 0.5) is 5.00 Å². The third-order valence-corrected chi connectivity index (χ3v) is 7.57. The molecule has 2 heterocycles. The number of imidazole rings is 1. The monoisotopic (exact) mass is 557 g/mol. The number of benzene rings is 2. The summed E-state index contributed by atoms with van der Waals surface area (Å²) in [4.78, 5) is 17.6. The highest BCUT2D eigenvalue weighted by Gasteiger charge is 2.23. The molecule has 2 aromatic heterocycles. The lowest BCUT2D eigenvalue weighted by atomic mass is 10.1. The van der Waals surface area contributed by atoms with E-state index in [0.717, 1.165) is 31.5 Å². The first kappa shape index (κ1) is 22.3. The van der Waals surface area contributed by atoms with E-state index < -0.39 is 16.8 Å². The van der Waals surface area contributed by atoms with E-state index in [9.17, 15) is 13.2 Å². The molecule has 0 bridgehead atoms. The lowest BCUT2D eigenvalue weighted by Crippen LogP contribution is -2.28. The third-order valence-electron chi connectivity index (χ3n) is 4.65. The number of hydrogen-bond donors (Lipinski definition) is 1. The topological polar surface area (TPSA) is 72.3 Å². The van der Waals surface area contributed by atoms with Crippen LogP contribution in [-0.2, 0) is 17.4 Å². The Morgan fingerprint density at radius 2 is 1.94 bits per heavy atom. The van der Waals surface area contributed by atoms with Crippen LogP contribution in [0.2, 0.25) is 9.36 Å². The van der Waals surface area contributed by atoms with Gasteiger partial charge in [0, 0.05) is 15.1 Å². The molecule has 4 aromatic rings. The Balaban J connectivity index is 1.76. The molecule has 6 nitrogen and oxygen atoms in total. The maximum atomic E-state index is 13.1. The number of nitrogens with zero attached hydrogens (tertiary/aromatic N) is 3. The highest BCUT2D eigenvalue weighted by molar-refractivity contribution is 9.10. The molecular weight excluding hydrogens is 545 g/mol. The largest absolute Gasteiger partial charge is 0.324 e. The van der Waals surface area contributed by atoms with E-state index in [1.807, 2.05) is 29.7 Å². The Morgan fingerprint density at radius 3 is 2.58 bits per heavy atom. The van der Waals surface area contributed by atoms with Gasteiger partial charge >= 0.3 is 0 Å².